The number of carbonyl (C=O) groups is 1. The predicted molar refractivity (Wildman–Crippen MR) is 78.1 cm³/mol. The Labute approximate surface area is 122 Å². The Balaban J connectivity index is 1.67. The standard InChI is InChI=1S/C13H19N7O/c1-9-11(7-15-20(9)10-5-3-4-6-10)17-13(21)18-12-14-8-16-19(12)2/h7-8,10H,3-6H2,1-2H3,(H2,14,16,17,18,21). The van der Waals surface area contributed by atoms with Crippen molar-refractivity contribution in [1.29, 1.82) is 0 Å². The maximum atomic E-state index is 12.0. The number of amides is 2. The Morgan fingerprint density at radius 2 is 2.05 bits per heavy atom. The van der Waals surface area contributed by atoms with E-state index in [1.807, 2.05) is 11.6 Å². The Hall–Kier alpha value is -2.38. The Kier molecular flexibility index (Phi) is 3.59. The lowest BCUT2D eigenvalue weighted by Crippen LogP contribution is -2.22. The number of hydrogen-bond acceptors (Lipinski definition) is 4. The van der Waals surface area contributed by atoms with Crippen LogP contribution in [0, 0.1) is 6.92 Å². The van der Waals surface area contributed by atoms with Crippen LogP contribution in [-0.2, 0) is 7.05 Å². The zero-order valence-electron chi connectivity index (χ0n) is 12.2. The van der Waals surface area contributed by atoms with E-state index in [2.05, 4.69) is 25.8 Å². The number of anilines is 2. The third-order valence-electron chi connectivity index (χ3n) is 3.90. The Morgan fingerprint density at radius 3 is 2.71 bits per heavy atom. The van der Waals surface area contributed by atoms with E-state index < -0.39 is 0 Å². The van der Waals surface area contributed by atoms with Crippen LogP contribution >= 0.6 is 0 Å². The summed E-state index contributed by atoms with van der Waals surface area (Å²) in [4.78, 5) is 15.9. The van der Waals surface area contributed by atoms with E-state index in [4.69, 9.17) is 0 Å². The number of aromatic nitrogens is 5. The summed E-state index contributed by atoms with van der Waals surface area (Å²) in [6, 6.07) is 0.113. The minimum Gasteiger partial charge on any atom is -0.304 e. The molecule has 0 spiro atoms. The fourth-order valence-corrected chi connectivity index (χ4v) is 2.73. The van der Waals surface area contributed by atoms with Crippen LogP contribution in [-0.4, -0.2) is 30.6 Å². The highest BCUT2D eigenvalue weighted by molar-refractivity contribution is 5.98. The second kappa shape index (κ2) is 5.55. The molecule has 3 rings (SSSR count). The van der Waals surface area contributed by atoms with Gasteiger partial charge in [0.05, 0.1) is 23.6 Å². The van der Waals surface area contributed by atoms with Crippen molar-refractivity contribution >= 4 is 17.7 Å². The zero-order chi connectivity index (χ0) is 14.8. The van der Waals surface area contributed by atoms with E-state index in [-0.39, 0.29) is 6.03 Å². The molecule has 1 aliphatic carbocycles. The summed E-state index contributed by atoms with van der Waals surface area (Å²) in [5.74, 6) is 0.397. The van der Waals surface area contributed by atoms with Gasteiger partial charge in [0.2, 0.25) is 5.95 Å². The van der Waals surface area contributed by atoms with Gasteiger partial charge in [0.15, 0.2) is 0 Å². The minimum absolute atomic E-state index is 0.347. The molecule has 0 unspecified atom stereocenters. The molecule has 0 aromatic carbocycles. The lowest BCUT2D eigenvalue weighted by molar-refractivity contribution is 0.262. The first-order valence-corrected chi connectivity index (χ1v) is 7.11. The topological polar surface area (TPSA) is 89.7 Å². The number of hydrogen-bond donors (Lipinski definition) is 2. The van der Waals surface area contributed by atoms with Gasteiger partial charge in [-0.3, -0.25) is 10.00 Å². The smallest absolute Gasteiger partial charge is 0.304 e. The van der Waals surface area contributed by atoms with Gasteiger partial charge in [-0.05, 0) is 19.8 Å². The van der Waals surface area contributed by atoms with Crippen LogP contribution in [0.15, 0.2) is 12.5 Å². The summed E-state index contributed by atoms with van der Waals surface area (Å²) in [6.07, 6.45) is 7.90. The van der Waals surface area contributed by atoms with Gasteiger partial charge < -0.3 is 5.32 Å². The fraction of sp³-hybridized carbons (Fsp3) is 0.538. The van der Waals surface area contributed by atoms with E-state index in [0.717, 1.165) is 24.2 Å². The number of aryl methyl sites for hydroxylation is 1. The van der Waals surface area contributed by atoms with Crippen molar-refractivity contribution in [3.63, 3.8) is 0 Å². The van der Waals surface area contributed by atoms with Crippen LogP contribution < -0.4 is 10.6 Å². The molecule has 112 valence electrons. The summed E-state index contributed by atoms with van der Waals surface area (Å²) in [5.41, 5.74) is 1.71. The lowest BCUT2D eigenvalue weighted by atomic mass is 10.2. The SMILES string of the molecule is Cc1c(NC(=O)Nc2ncnn2C)cnn1C1CCCC1. The van der Waals surface area contributed by atoms with Gasteiger partial charge in [0.1, 0.15) is 6.33 Å². The number of carbonyl (C=O) groups excluding carboxylic acids is 1. The van der Waals surface area contributed by atoms with E-state index in [0.29, 0.717) is 12.0 Å². The molecule has 2 aromatic heterocycles. The molecule has 0 bridgehead atoms. The van der Waals surface area contributed by atoms with Crippen LogP contribution in [0.5, 0.6) is 0 Å². The van der Waals surface area contributed by atoms with E-state index in [1.165, 1.54) is 23.9 Å². The van der Waals surface area contributed by atoms with Crippen molar-refractivity contribution in [2.24, 2.45) is 7.05 Å². The third kappa shape index (κ3) is 2.74. The van der Waals surface area contributed by atoms with Crippen LogP contribution in [0.1, 0.15) is 37.4 Å². The molecule has 0 saturated heterocycles. The Morgan fingerprint density at radius 1 is 1.29 bits per heavy atom. The minimum atomic E-state index is -0.347. The average molecular weight is 289 g/mol. The molecule has 1 fully saturated rings. The first-order valence-electron chi connectivity index (χ1n) is 7.11. The molecule has 2 N–H and O–H groups in total. The second-order valence-corrected chi connectivity index (χ2v) is 5.31. The van der Waals surface area contributed by atoms with Gasteiger partial charge in [-0.1, -0.05) is 12.8 Å². The first-order chi connectivity index (χ1) is 10.1. The largest absolute Gasteiger partial charge is 0.326 e. The van der Waals surface area contributed by atoms with Gasteiger partial charge in [-0.2, -0.15) is 15.2 Å². The molecule has 0 aliphatic heterocycles. The van der Waals surface area contributed by atoms with Gasteiger partial charge in [-0.25, -0.2) is 9.48 Å². The number of urea groups is 1. The molecule has 0 atom stereocenters. The maximum absolute atomic E-state index is 12.0. The lowest BCUT2D eigenvalue weighted by Gasteiger charge is -2.12. The molecule has 8 heteroatoms. The van der Waals surface area contributed by atoms with E-state index >= 15 is 0 Å². The normalized spacial score (nSPS) is 15.3. The summed E-state index contributed by atoms with van der Waals surface area (Å²) in [6.45, 7) is 1.98. The highest BCUT2D eigenvalue weighted by Crippen LogP contribution is 2.31. The van der Waals surface area contributed by atoms with Crippen molar-refractivity contribution in [2.45, 2.75) is 38.6 Å². The van der Waals surface area contributed by atoms with Crippen LogP contribution in [0.2, 0.25) is 0 Å². The second-order valence-electron chi connectivity index (χ2n) is 5.31. The molecule has 21 heavy (non-hydrogen) atoms. The number of rotatable bonds is 3. The molecule has 0 radical (unpaired) electrons. The molecule has 2 amide bonds. The number of nitrogens with one attached hydrogen (secondary N) is 2. The third-order valence-corrected chi connectivity index (χ3v) is 3.90. The molecule has 1 aliphatic rings. The van der Waals surface area contributed by atoms with Crippen LogP contribution in [0.25, 0.3) is 0 Å². The van der Waals surface area contributed by atoms with Crippen molar-refractivity contribution in [3.8, 4) is 0 Å². The van der Waals surface area contributed by atoms with Crippen LogP contribution in [0.4, 0.5) is 16.4 Å². The fourth-order valence-electron chi connectivity index (χ4n) is 2.73. The van der Waals surface area contributed by atoms with Gasteiger partial charge >= 0.3 is 6.03 Å². The monoisotopic (exact) mass is 289 g/mol. The first kappa shape index (κ1) is 13.6. The molecule has 2 heterocycles. The molecular formula is C13H19N7O. The predicted octanol–water partition coefficient (Wildman–Crippen LogP) is 2.08. The summed E-state index contributed by atoms with van der Waals surface area (Å²) >= 11 is 0. The molecule has 8 nitrogen and oxygen atoms in total. The summed E-state index contributed by atoms with van der Waals surface area (Å²) in [5, 5.41) is 13.8. The van der Waals surface area contributed by atoms with Crippen molar-refractivity contribution in [2.75, 3.05) is 10.6 Å². The van der Waals surface area contributed by atoms with Crippen molar-refractivity contribution < 1.29 is 4.79 Å². The van der Waals surface area contributed by atoms with Gasteiger partial charge in [0, 0.05) is 7.05 Å². The Bertz CT molecular complexity index is 639. The summed E-state index contributed by atoms with van der Waals surface area (Å²) in [7, 11) is 1.71. The molecular weight excluding hydrogens is 270 g/mol. The molecule has 1 saturated carbocycles. The van der Waals surface area contributed by atoms with E-state index in [9.17, 15) is 4.79 Å². The van der Waals surface area contributed by atoms with E-state index in [1.54, 1.807) is 13.2 Å². The average Bonchev–Trinajstić information content (AvgIpc) is 3.15. The summed E-state index contributed by atoms with van der Waals surface area (Å²) < 4.78 is 3.51. The zero-order valence-corrected chi connectivity index (χ0v) is 12.2. The highest BCUT2D eigenvalue weighted by atomic mass is 16.2. The highest BCUT2D eigenvalue weighted by Gasteiger charge is 2.21. The van der Waals surface area contributed by atoms with Gasteiger partial charge in [0.25, 0.3) is 0 Å². The van der Waals surface area contributed by atoms with Gasteiger partial charge in [-0.15, -0.1) is 0 Å². The van der Waals surface area contributed by atoms with Crippen molar-refractivity contribution in [3.05, 3.63) is 18.2 Å². The van der Waals surface area contributed by atoms with Crippen molar-refractivity contribution in [1.82, 2.24) is 24.5 Å². The quantitative estimate of drug-likeness (QED) is 0.905. The number of nitrogens with zero attached hydrogens (tertiary/aromatic N) is 5. The van der Waals surface area contributed by atoms with Crippen LogP contribution in [0.3, 0.4) is 0 Å². The maximum Gasteiger partial charge on any atom is 0.326 e. The molecule has 2 aromatic rings.